The summed E-state index contributed by atoms with van der Waals surface area (Å²) in [7, 11) is -1.03. The summed E-state index contributed by atoms with van der Waals surface area (Å²) in [6, 6.07) is 6.79. The van der Waals surface area contributed by atoms with E-state index >= 15 is 0 Å². The van der Waals surface area contributed by atoms with Gasteiger partial charge in [-0.3, -0.25) is 15.0 Å². The Bertz CT molecular complexity index is 1200. The van der Waals surface area contributed by atoms with Gasteiger partial charge in [-0.25, -0.2) is 17.8 Å². The summed E-state index contributed by atoms with van der Waals surface area (Å²) in [6.07, 6.45) is 3.11. The first-order valence-corrected chi connectivity index (χ1v) is 13.1. The van der Waals surface area contributed by atoms with Gasteiger partial charge in [-0.15, -0.1) is 0 Å². The summed E-state index contributed by atoms with van der Waals surface area (Å²) in [5, 5.41) is 11.3. The predicted octanol–water partition coefficient (Wildman–Crippen LogP) is 2.13. The average molecular weight is 524 g/mol. The van der Waals surface area contributed by atoms with Gasteiger partial charge in [0.2, 0.25) is 10.0 Å². The SMILES string of the molecule is COCCOc1cnc(N2CCN3[C@H](CC[C@H]3CN(C)S(=O)(=O)c3ccccc3[N+](=O)[O-])C2)c(F)c1. The van der Waals surface area contributed by atoms with Crippen molar-refractivity contribution in [3.05, 3.63) is 52.5 Å². The van der Waals surface area contributed by atoms with E-state index < -0.39 is 26.5 Å². The van der Waals surface area contributed by atoms with E-state index in [1.807, 2.05) is 4.90 Å². The van der Waals surface area contributed by atoms with E-state index in [0.29, 0.717) is 38.6 Å². The number of fused-ring (bicyclic) bond motifs is 1. The molecular formula is C23H30FN5O6S. The summed E-state index contributed by atoms with van der Waals surface area (Å²) in [5.74, 6) is 0.159. The molecule has 196 valence electrons. The number of methoxy groups -OCH3 is 1. The molecule has 0 bridgehead atoms. The highest BCUT2D eigenvalue weighted by molar-refractivity contribution is 7.89. The standard InChI is InChI=1S/C23H30FN5O6S/c1-26(36(32,33)22-6-4-3-5-21(22)29(30)31)15-17-7-8-18-16-27(9-10-28(17)18)23-20(24)13-19(14-25-23)35-12-11-34-2/h3-6,13-14,17-18H,7-12,15-16H2,1-2H3/t17-,18+/m0/s1. The third kappa shape index (κ3) is 5.43. The lowest BCUT2D eigenvalue weighted by Crippen LogP contribution is -2.55. The van der Waals surface area contributed by atoms with Crippen LogP contribution in [0, 0.1) is 15.9 Å². The number of anilines is 1. The van der Waals surface area contributed by atoms with Gasteiger partial charge in [0.15, 0.2) is 16.5 Å². The number of aromatic nitrogens is 1. The Kier molecular flexibility index (Phi) is 8.03. The zero-order valence-corrected chi connectivity index (χ0v) is 21.1. The van der Waals surface area contributed by atoms with Crippen molar-refractivity contribution in [2.75, 3.05) is 58.5 Å². The van der Waals surface area contributed by atoms with Crippen LogP contribution in [0.15, 0.2) is 41.4 Å². The predicted molar refractivity (Wildman–Crippen MR) is 130 cm³/mol. The molecule has 2 aromatic rings. The fourth-order valence-electron chi connectivity index (χ4n) is 4.90. The summed E-state index contributed by atoms with van der Waals surface area (Å²) in [5.41, 5.74) is -0.438. The first-order valence-electron chi connectivity index (χ1n) is 11.7. The molecule has 0 amide bonds. The van der Waals surface area contributed by atoms with Gasteiger partial charge in [0, 0.05) is 64.6 Å². The Morgan fingerprint density at radius 2 is 2.03 bits per heavy atom. The Labute approximate surface area is 209 Å². The molecular weight excluding hydrogens is 493 g/mol. The second-order valence-electron chi connectivity index (χ2n) is 8.90. The molecule has 0 unspecified atom stereocenters. The number of benzene rings is 1. The lowest BCUT2D eigenvalue weighted by atomic mass is 10.1. The minimum Gasteiger partial charge on any atom is -0.489 e. The number of pyridine rings is 1. The number of nitro groups is 1. The highest BCUT2D eigenvalue weighted by atomic mass is 32.2. The van der Waals surface area contributed by atoms with Crippen molar-refractivity contribution < 1.29 is 27.2 Å². The van der Waals surface area contributed by atoms with Crippen molar-refractivity contribution in [3.8, 4) is 5.75 Å². The van der Waals surface area contributed by atoms with Crippen LogP contribution in [0.25, 0.3) is 0 Å². The zero-order valence-electron chi connectivity index (χ0n) is 20.2. The number of ether oxygens (including phenoxy) is 2. The Hall–Kier alpha value is -2.87. The molecule has 11 nitrogen and oxygen atoms in total. The molecule has 2 atom stereocenters. The van der Waals surface area contributed by atoms with E-state index in [2.05, 4.69) is 9.88 Å². The summed E-state index contributed by atoms with van der Waals surface area (Å²) in [6.45, 7) is 2.66. The molecule has 0 saturated carbocycles. The minimum atomic E-state index is -4.04. The van der Waals surface area contributed by atoms with Gasteiger partial charge < -0.3 is 14.4 Å². The number of likely N-dealkylation sites (N-methyl/N-ethyl adjacent to an activating group) is 1. The Morgan fingerprint density at radius 3 is 2.75 bits per heavy atom. The monoisotopic (exact) mass is 523 g/mol. The number of hydrogen-bond acceptors (Lipinski definition) is 9. The molecule has 3 heterocycles. The highest BCUT2D eigenvalue weighted by Crippen LogP contribution is 2.32. The van der Waals surface area contributed by atoms with Crippen molar-refractivity contribution in [3.63, 3.8) is 0 Å². The zero-order chi connectivity index (χ0) is 25.9. The summed E-state index contributed by atoms with van der Waals surface area (Å²) in [4.78, 5) is 18.8. The Balaban J connectivity index is 1.40. The van der Waals surface area contributed by atoms with Crippen LogP contribution in [0.1, 0.15) is 12.8 Å². The van der Waals surface area contributed by atoms with Crippen LogP contribution in [-0.2, 0) is 14.8 Å². The number of hydrogen-bond donors (Lipinski definition) is 0. The van der Waals surface area contributed by atoms with E-state index in [1.54, 1.807) is 7.11 Å². The molecule has 2 aliphatic rings. The van der Waals surface area contributed by atoms with Crippen LogP contribution in [0.2, 0.25) is 0 Å². The van der Waals surface area contributed by atoms with E-state index in [1.165, 1.54) is 47.9 Å². The third-order valence-electron chi connectivity index (χ3n) is 6.70. The maximum atomic E-state index is 14.8. The molecule has 0 radical (unpaired) electrons. The molecule has 36 heavy (non-hydrogen) atoms. The van der Waals surface area contributed by atoms with Gasteiger partial charge in [0.05, 0.1) is 17.7 Å². The molecule has 2 aliphatic heterocycles. The third-order valence-corrected chi connectivity index (χ3v) is 8.57. The van der Waals surface area contributed by atoms with Gasteiger partial charge in [0.1, 0.15) is 12.4 Å². The largest absolute Gasteiger partial charge is 0.489 e. The number of piperazine rings is 1. The van der Waals surface area contributed by atoms with E-state index in [-0.39, 0.29) is 29.3 Å². The van der Waals surface area contributed by atoms with Crippen molar-refractivity contribution in [1.82, 2.24) is 14.2 Å². The van der Waals surface area contributed by atoms with Crippen LogP contribution >= 0.6 is 0 Å². The number of sulfonamides is 1. The molecule has 13 heteroatoms. The van der Waals surface area contributed by atoms with Gasteiger partial charge in [-0.1, -0.05) is 12.1 Å². The molecule has 2 saturated heterocycles. The fraction of sp³-hybridized carbons (Fsp3) is 0.522. The highest BCUT2D eigenvalue weighted by Gasteiger charge is 2.40. The number of para-hydroxylation sites is 1. The average Bonchev–Trinajstić information content (AvgIpc) is 3.26. The maximum Gasteiger partial charge on any atom is 0.289 e. The molecule has 0 spiro atoms. The number of nitro benzene ring substituents is 1. The van der Waals surface area contributed by atoms with Crippen molar-refractivity contribution in [2.45, 2.75) is 29.8 Å². The van der Waals surface area contributed by atoms with Crippen LogP contribution in [0.4, 0.5) is 15.9 Å². The first kappa shape index (κ1) is 26.2. The van der Waals surface area contributed by atoms with E-state index in [0.717, 1.165) is 12.8 Å². The van der Waals surface area contributed by atoms with Crippen LogP contribution in [-0.4, -0.2) is 93.2 Å². The maximum absolute atomic E-state index is 14.8. The van der Waals surface area contributed by atoms with Crippen molar-refractivity contribution in [1.29, 1.82) is 0 Å². The molecule has 1 aromatic heterocycles. The van der Waals surface area contributed by atoms with Crippen LogP contribution in [0.5, 0.6) is 5.75 Å². The summed E-state index contributed by atoms with van der Waals surface area (Å²) >= 11 is 0. The first-order chi connectivity index (χ1) is 17.2. The Morgan fingerprint density at radius 1 is 1.25 bits per heavy atom. The van der Waals surface area contributed by atoms with Crippen LogP contribution in [0.3, 0.4) is 0 Å². The second kappa shape index (κ2) is 11.0. The molecule has 4 rings (SSSR count). The quantitative estimate of drug-likeness (QED) is 0.262. The van der Waals surface area contributed by atoms with E-state index in [9.17, 15) is 22.9 Å². The van der Waals surface area contributed by atoms with Gasteiger partial charge in [0.25, 0.3) is 5.69 Å². The van der Waals surface area contributed by atoms with Gasteiger partial charge in [-0.05, 0) is 18.9 Å². The minimum absolute atomic E-state index is 0.0333. The molecule has 0 N–H and O–H groups in total. The molecule has 2 fully saturated rings. The normalized spacial score (nSPS) is 20.5. The second-order valence-corrected chi connectivity index (χ2v) is 10.9. The van der Waals surface area contributed by atoms with Crippen molar-refractivity contribution >= 4 is 21.5 Å². The lowest BCUT2D eigenvalue weighted by molar-refractivity contribution is -0.387. The summed E-state index contributed by atoms with van der Waals surface area (Å²) < 4.78 is 52.5. The number of nitrogens with zero attached hydrogens (tertiary/aromatic N) is 5. The number of rotatable bonds is 10. The van der Waals surface area contributed by atoms with Crippen molar-refractivity contribution in [2.24, 2.45) is 0 Å². The molecule has 0 aliphatic carbocycles. The molecule has 1 aromatic carbocycles. The topological polar surface area (TPSA) is 118 Å². The van der Waals surface area contributed by atoms with Gasteiger partial charge in [-0.2, -0.15) is 4.31 Å². The lowest BCUT2D eigenvalue weighted by Gasteiger charge is -2.41. The van der Waals surface area contributed by atoms with Crippen LogP contribution < -0.4 is 9.64 Å². The fourth-order valence-corrected chi connectivity index (χ4v) is 6.26. The number of halogens is 1. The smallest absolute Gasteiger partial charge is 0.289 e. The van der Waals surface area contributed by atoms with E-state index in [4.69, 9.17) is 9.47 Å². The van der Waals surface area contributed by atoms with Gasteiger partial charge >= 0.3 is 0 Å².